The summed E-state index contributed by atoms with van der Waals surface area (Å²) in [6.45, 7) is -1.15. The van der Waals surface area contributed by atoms with E-state index in [-0.39, 0.29) is 17.4 Å². The van der Waals surface area contributed by atoms with Gasteiger partial charge in [0.2, 0.25) is 5.91 Å². The Bertz CT molecular complexity index is 651. The average Bonchev–Trinajstić information content (AvgIpc) is 2.52. The highest BCUT2D eigenvalue weighted by atomic mass is 19.3. The first-order valence-corrected chi connectivity index (χ1v) is 7.07. The molecule has 0 spiro atoms. The molecule has 0 aliphatic rings. The Balaban J connectivity index is 3.10. The Morgan fingerprint density at radius 3 is 2.56 bits per heavy atom. The Morgan fingerprint density at radius 2 is 2.04 bits per heavy atom. The molecule has 138 valence electrons. The molecule has 0 heterocycles. The first kappa shape index (κ1) is 20.3. The molecule has 1 N–H and O–H groups in total. The van der Waals surface area contributed by atoms with Crippen LogP contribution in [0.4, 0.5) is 14.5 Å². The van der Waals surface area contributed by atoms with Crippen molar-refractivity contribution in [2.24, 2.45) is 0 Å². The number of nitro benzene ring substituents is 1. The molecule has 0 saturated heterocycles. The Morgan fingerprint density at radius 1 is 1.36 bits per heavy atom. The first-order valence-electron chi connectivity index (χ1n) is 7.07. The monoisotopic (exact) mass is 360 g/mol. The van der Waals surface area contributed by atoms with Gasteiger partial charge in [-0.15, -0.1) is 0 Å². The van der Waals surface area contributed by atoms with E-state index in [9.17, 15) is 23.7 Å². The Labute approximate surface area is 142 Å². The van der Waals surface area contributed by atoms with E-state index in [2.05, 4.69) is 10.1 Å². The second-order valence-electron chi connectivity index (χ2n) is 4.90. The lowest BCUT2D eigenvalue weighted by Gasteiger charge is -2.11. The van der Waals surface area contributed by atoms with Crippen molar-refractivity contribution in [3.05, 3.63) is 33.9 Å². The van der Waals surface area contributed by atoms with E-state index in [0.29, 0.717) is 6.61 Å². The van der Waals surface area contributed by atoms with Crippen LogP contribution in [0.15, 0.2) is 18.2 Å². The minimum Gasteiger partial charge on any atom is -0.493 e. The van der Waals surface area contributed by atoms with E-state index < -0.39 is 28.9 Å². The summed E-state index contributed by atoms with van der Waals surface area (Å²) >= 11 is 0. The first-order chi connectivity index (χ1) is 11.8. The van der Waals surface area contributed by atoms with E-state index >= 15 is 0 Å². The number of amides is 1. The lowest BCUT2D eigenvalue weighted by Crippen LogP contribution is -2.34. The van der Waals surface area contributed by atoms with Crippen LogP contribution in [0.2, 0.25) is 0 Å². The van der Waals surface area contributed by atoms with E-state index in [1.165, 1.54) is 20.3 Å². The number of nitrogens with one attached hydrogen (secondary N) is 1. The average molecular weight is 360 g/mol. The maximum atomic E-state index is 12.4. The van der Waals surface area contributed by atoms with Crippen LogP contribution in [0, 0.1) is 10.1 Å². The fourth-order valence-corrected chi connectivity index (χ4v) is 1.95. The van der Waals surface area contributed by atoms with Gasteiger partial charge in [-0.25, -0.2) is 0 Å². The number of nitrogens with zero attached hydrogens (tertiary/aromatic N) is 1. The molecule has 10 heteroatoms. The van der Waals surface area contributed by atoms with Gasteiger partial charge < -0.3 is 19.5 Å². The lowest BCUT2D eigenvalue weighted by atomic mass is 10.1. The normalized spacial score (nSPS) is 12.2. The molecule has 0 fully saturated rings. The molecule has 1 amide bonds. The highest BCUT2D eigenvalue weighted by Crippen LogP contribution is 2.36. The van der Waals surface area contributed by atoms with Gasteiger partial charge in [-0.05, 0) is 19.1 Å². The molecule has 1 aromatic carbocycles. The molecule has 0 unspecified atom stereocenters. The number of benzene rings is 1. The highest BCUT2D eigenvalue weighted by molar-refractivity contribution is 5.92. The highest BCUT2D eigenvalue weighted by Gasteiger charge is 2.20. The number of ether oxygens (including phenoxy) is 3. The molecular weight excluding hydrogens is 342 g/mol. The van der Waals surface area contributed by atoms with Crippen molar-refractivity contribution in [1.82, 2.24) is 5.32 Å². The summed E-state index contributed by atoms with van der Waals surface area (Å²) in [5.41, 5.74) is -0.511. The molecule has 0 aromatic heterocycles. The Hall–Kier alpha value is -2.75. The molecule has 8 nitrogen and oxygen atoms in total. The molecule has 25 heavy (non-hydrogen) atoms. The number of nitro groups is 1. The van der Waals surface area contributed by atoms with Gasteiger partial charge in [0.15, 0.2) is 11.5 Å². The topological polar surface area (TPSA) is 99.9 Å². The zero-order valence-corrected chi connectivity index (χ0v) is 13.8. The summed E-state index contributed by atoms with van der Waals surface area (Å²) in [7, 11) is 2.68. The van der Waals surface area contributed by atoms with Crippen LogP contribution in [-0.2, 0) is 9.53 Å². The maximum absolute atomic E-state index is 12.4. The second kappa shape index (κ2) is 9.52. The van der Waals surface area contributed by atoms with Crippen LogP contribution < -0.4 is 14.8 Å². The third-order valence-electron chi connectivity index (χ3n) is 2.95. The van der Waals surface area contributed by atoms with Gasteiger partial charge in [-0.1, -0.05) is 0 Å². The van der Waals surface area contributed by atoms with Gasteiger partial charge in [-0.2, -0.15) is 8.78 Å². The standard InChI is InChI=1S/C15H18F2N2O6/c1-9(8-23-2)18-14(20)5-4-10-6-12(24-3)13(25-15(16)17)7-11(10)19(21)22/h4-7,9,15H,8H2,1-3H3,(H,18,20)/b5-4+/t9-/m0/s1. The number of rotatable bonds is 9. The van der Waals surface area contributed by atoms with Gasteiger partial charge in [0, 0.05) is 19.2 Å². The van der Waals surface area contributed by atoms with Gasteiger partial charge in [0.1, 0.15) is 0 Å². The van der Waals surface area contributed by atoms with Crippen LogP contribution >= 0.6 is 0 Å². The molecule has 0 radical (unpaired) electrons. The molecule has 1 rings (SSSR count). The van der Waals surface area contributed by atoms with Crippen molar-refractivity contribution in [2.75, 3.05) is 20.8 Å². The van der Waals surface area contributed by atoms with Crippen LogP contribution in [-0.4, -0.2) is 44.3 Å². The summed E-state index contributed by atoms with van der Waals surface area (Å²) in [5.74, 6) is -1.09. The summed E-state index contributed by atoms with van der Waals surface area (Å²) in [4.78, 5) is 22.1. The predicted molar refractivity (Wildman–Crippen MR) is 84.8 cm³/mol. The second-order valence-corrected chi connectivity index (χ2v) is 4.90. The van der Waals surface area contributed by atoms with Gasteiger partial charge >= 0.3 is 6.61 Å². The van der Waals surface area contributed by atoms with Crippen LogP contribution in [0.25, 0.3) is 6.08 Å². The number of hydrogen-bond acceptors (Lipinski definition) is 6. The largest absolute Gasteiger partial charge is 0.493 e. The lowest BCUT2D eigenvalue weighted by molar-refractivity contribution is -0.385. The number of methoxy groups -OCH3 is 2. The summed E-state index contributed by atoms with van der Waals surface area (Å²) < 4.78 is 38.7. The Kier molecular flexibility index (Phi) is 7.73. The van der Waals surface area contributed by atoms with E-state index in [4.69, 9.17) is 9.47 Å². The number of hydrogen-bond donors (Lipinski definition) is 1. The van der Waals surface area contributed by atoms with Crippen LogP contribution in [0.3, 0.4) is 0 Å². The quantitative estimate of drug-likeness (QED) is 0.412. The molecule has 0 aliphatic heterocycles. The number of alkyl halides is 2. The van der Waals surface area contributed by atoms with Crippen molar-refractivity contribution in [3.8, 4) is 11.5 Å². The smallest absolute Gasteiger partial charge is 0.387 e. The van der Waals surface area contributed by atoms with Crippen molar-refractivity contribution < 1.29 is 32.7 Å². The molecular formula is C15H18F2N2O6. The number of carbonyl (C=O) groups is 1. The van der Waals surface area contributed by atoms with Crippen molar-refractivity contribution >= 4 is 17.7 Å². The van der Waals surface area contributed by atoms with Crippen LogP contribution in [0.5, 0.6) is 11.5 Å². The third-order valence-corrected chi connectivity index (χ3v) is 2.95. The molecule has 0 aliphatic carbocycles. The minimum atomic E-state index is -3.16. The molecule has 1 atom stereocenters. The zero-order chi connectivity index (χ0) is 19.0. The fourth-order valence-electron chi connectivity index (χ4n) is 1.95. The van der Waals surface area contributed by atoms with E-state index in [1.54, 1.807) is 6.92 Å². The predicted octanol–water partition coefficient (Wildman–Crippen LogP) is 2.37. The van der Waals surface area contributed by atoms with E-state index in [1.807, 2.05) is 0 Å². The fraction of sp³-hybridized carbons (Fsp3) is 0.400. The maximum Gasteiger partial charge on any atom is 0.387 e. The molecule has 0 bridgehead atoms. The van der Waals surface area contributed by atoms with Crippen molar-refractivity contribution in [3.63, 3.8) is 0 Å². The minimum absolute atomic E-state index is 0.00184. The third kappa shape index (κ3) is 6.34. The van der Waals surface area contributed by atoms with Gasteiger partial charge in [0.25, 0.3) is 5.69 Å². The van der Waals surface area contributed by atoms with Gasteiger partial charge in [0.05, 0.1) is 30.3 Å². The summed E-state index contributed by atoms with van der Waals surface area (Å²) in [6.07, 6.45) is 2.27. The number of carbonyl (C=O) groups excluding carboxylic acids is 1. The van der Waals surface area contributed by atoms with Crippen molar-refractivity contribution in [2.45, 2.75) is 19.6 Å². The van der Waals surface area contributed by atoms with Crippen molar-refractivity contribution in [1.29, 1.82) is 0 Å². The molecule has 0 saturated carbocycles. The van der Waals surface area contributed by atoms with Gasteiger partial charge in [-0.3, -0.25) is 14.9 Å². The SMILES string of the molecule is COC[C@H](C)NC(=O)/C=C/c1cc(OC)c(OC(F)F)cc1[N+](=O)[O-]. The summed E-state index contributed by atoms with van der Waals surface area (Å²) in [6, 6.07) is 1.70. The summed E-state index contributed by atoms with van der Waals surface area (Å²) in [5, 5.41) is 13.7. The number of halogens is 2. The zero-order valence-electron chi connectivity index (χ0n) is 13.8. The molecule has 1 aromatic rings. The van der Waals surface area contributed by atoms with Crippen LogP contribution in [0.1, 0.15) is 12.5 Å². The van der Waals surface area contributed by atoms with E-state index in [0.717, 1.165) is 18.2 Å².